The van der Waals surface area contributed by atoms with Gasteiger partial charge in [-0.2, -0.15) is 11.8 Å². The minimum absolute atomic E-state index is 0.293. The molecule has 0 fully saturated rings. The number of hydrogen-bond acceptors (Lipinski definition) is 3. The highest BCUT2D eigenvalue weighted by Gasteiger charge is 2.05. The lowest BCUT2D eigenvalue weighted by atomic mass is 10.2. The van der Waals surface area contributed by atoms with Crippen LogP contribution < -0.4 is 0 Å². The zero-order chi connectivity index (χ0) is 9.97. The van der Waals surface area contributed by atoms with Crippen molar-refractivity contribution in [1.29, 1.82) is 0 Å². The number of benzene rings is 1. The van der Waals surface area contributed by atoms with Crippen LogP contribution in [0.4, 0.5) is 0 Å². The first-order valence-electron chi connectivity index (χ1n) is 4.58. The Labute approximate surface area is 86.9 Å². The summed E-state index contributed by atoms with van der Waals surface area (Å²) in [4.78, 5) is 0. The molecule has 0 aliphatic rings. The Bertz CT molecular complexity index is 434. The summed E-state index contributed by atoms with van der Waals surface area (Å²) in [5.74, 6) is 2.32. The molecule has 0 bridgehead atoms. The van der Waals surface area contributed by atoms with Crippen LogP contribution in [0.1, 0.15) is 12.5 Å². The van der Waals surface area contributed by atoms with E-state index in [1.54, 1.807) is 24.5 Å². The lowest BCUT2D eigenvalue weighted by molar-refractivity contribution is 0.476. The SMILES string of the molecule is CCSCc1coc2ccc(O)cc12. The van der Waals surface area contributed by atoms with E-state index in [1.807, 2.05) is 11.8 Å². The first kappa shape index (κ1) is 9.46. The fraction of sp³-hybridized carbons (Fsp3) is 0.273. The number of rotatable bonds is 3. The Morgan fingerprint density at radius 3 is 3.07 bits per heavy atom. The summed E-state index contributed by atoms with van der Waals surface area (Å²) in [6, 6.07) is 5.19. The van der Waals surface area contributed by atoms with Gasteiger partial charge in [-0.05, 0) is 24.0 Å². The summed E-state index contributed by atoms with van der Waals surface area (Å²) in [6.45, 7) is 2.13. The number of phenolic OH excluding ortho intramolecular Hbond substituents is 1. The van der Waals surface area contributed by atoms with E-state index in [-0.39, 0.29) is 0 Å². The van der Waals surface area contributed by atoms with Gasteiger partial charge in [-0.25, -0.2) is 0 Å². The van der Waals surface area contributed by atoms with Crippen LogP contribution >= 0.6 is 11.8 Å². The fourth-order valence-corrected chi connectivity index (χ4v) is 2.04. The monoisotopic (exact) mass is 208 g/mol. The molecule has 0 radical (unpaired) electrons. The highest BCUT2D eigenvalue weighted by atomic mass is 32.2. The first-order chi connectivity index (χ1) is 6.81. The van der Waals surface area contributed by atoms with Crippen molar-refractivity contribution in [2.45, 2.75) is 12.7 Å². The number of hydrogen-bond donors (Lipinski definition) is 1. The Kier molecular flexibility index (Phi) is 2.68. The van der Waals surface area contributed by atoms with Crippen molar-refractivity contribution in [3.63, 3.8) is 0 Å². The number of thioether (sulfide) groups is 1. The van der Waals surface area contributed by atoms with Crippen LogP contribution in [0.15, 0.2) is 28.9 Å². The first-order valence-corrected chi connectivity index (χ1v) is 5.73. The molecule has 1 aromatic carbocycles. The van der Waals surface area contributed by atoms with Crippen LogP contribution in [0.25, 0.3) is 11.0 Å². The van der Waals surface area contributed by atoms with Crippen LogP contribution in [0.3, 0.4) is 0 Å². The molecule has 0 spiro atoms. The second kappa shape index (κ2) is 3.96. The van der Waals surface area contributed by atoms with Gasteiger partial charge in [-0.1, -0.05) is 6.92 Å². The molecule has 74 valence electrons. The van der Waals surface area contributed by atoms with Gasteiger partial charge in [-0.15, -0.1) is 0 Å². The molecular weight excluding hydrogens is 196 g/mol. The Hall–Kier alpha value is -1.09. The van der Waals surface area contributed by atoms with Gasteiger partial charge in [-0.3, -0.25) is 0 Å². The van der Waals surface area contributed by atoms with Gasteiger partial charge >= 0.3 is 0 Å². The predicted molar refractivity (Wildman–Crippen MR) is 59.7 cm³/mol. The zero-order valence-corrected chi connectivity index (χ0v) is 8.80. The van der Waals surface area contributed by atoms with Gasteiger partial charge in [0.15, 0.2) is 0 Å². The second-order valence-electron chi connectivity index (χ2n) is 3.08. The minimum Gasteiger partial charge on any atom is -0.508 e. The predicted octanol–water partition coefficient (Wildman–Crippen LogP) is 3.39. The molecular formula is C11H12O2S. The fourth-order valence-electron chi connectivity index (χ4n) is 1.39. The second-order valence-corrected chi connectivity index (χ2v) is 4.35. The van der Waals surface area contributed by atoms with E-state index in [2.05, 4.69) is 6.92 Å². The minimum atomic E-state index is 0.293. The quantitative estimate of drug-likeness (QED) is 0.839. The van der Waals surface area contributed by atoms with Crippen LogP contribution in [0.5, 0.6) is 5.75 Å². The highest BCUT2D eigenvalue weighted by molar-refractivity contribution is 7.98. The van der Waals surface area contributed by atoms with Gasteiger partial charge in [0.1, 0.15) is 11.3 Å². The normalized spacial score (nSPS) is 10.9. The molecule has 0 aliphatic carbocycles. The summed E-state index contributed by atoms with van der Waals surface area (Å²) >= 11 is 1.84. The van der Waals surface area contributed by atoms with E-state index in [1.165, 1.54) is 0 Å². The summed E-state index contributed by atoms with van der Waals surface area (Å²) < 4.78 is 5.38. The summed E-state index contributed by atoms with van der Waals surface area (Å²) in [5, 5.41) is 10.4. The maximum atomic E-state index is 9.35. The molecule has 3 heteroatoms. The molecule has 0 amide bonds. The van der Waals surface area contributed by atoms with Gasteiger partial charge in [0.05, 0.1) is 6.26 Å². The standard InChI is InChI=1S/C11H12O2S/c1-2-14-7-8-6-13-11-4-3-9(12)5-10(8)11/h3-6,12H,2,7H2,1H3. The molecule has 0 unspecified atom stereocenters. The molecule has 14 heavy (non-hydrogen) atoms. The molecule has 0 aliphatic heterocycles. The molecule has 0 atom stereocenters. The van der Waals surface area contributed by atoms with Crippen LogP contribution in [-0.2, 0) is 5.75 Å². The molecule has 0 saturated heterocycles. The number of furan rings is 1. The van der Waals surface area contributed by atoms with Crippen molar-refractivity contribution in [3.8, 4) is 5.75 Å². The average Bonchev–Trinajstić information content (AvgIpc) is 2.57. The van der Waals surface area contributed by atoms with Crippen molar-refractivity contribution in [2.75, 3.05) is 5.75 Å². The highest BCUT2D eigenvalue weighted by Crippen LogP contribution is 2.27. The van der Waals surface area contributed by atoms with Gasteiger partial charge in [0, 0.05) is 16.7 Å². The number of aromatic hydroxyl groups is 1. The average molecular weight is 208 g/mol. The van der Waals surface area contributed by atoms with Crippen molar-refractivity contribution in [2.24, 2.45) is 0 Å². The van der Waals surface area contributed by atoms with E-state index >= 15 is 0 Å². The van der Waals surface area contributed by atoms with Crippen LogP contribution in [-0.4, -0.2) is 10.9 Å². The molecule has 0 saturated carbocycles. The largest absolute Gasteiger partial charge is 0.508 e. The molecule has 2 rings (SSSR count). The van der Waals surface area contributed by atoms with E-state index in [0.717, 1.165) is 28.0 Å². The Balaban J connectivity index is 2.40. The number of phenols is 1. The molecule has 2 nitrogen and oxygen atoms in total. The van der Waals surface area contributed by atoms with E-state index in [9.17, 15) is 5.11 Å². The number of fused-ring (bicyclic) bond motifs is 1. The van der Waals surface area contributed by atoms with Gasteiger partial charge in [0.2, 0.25) is 0 Å². The van der Waals surface area contributed by atoms with Crippen molar-refractivity contribution in [3.05, 3.63) is 30.0 Å². The van der Waals surface area contributed by atoms with Crippen molar-refractivity contribution < 1.29 is 9.52 Å². The third kappa shape index (κ3) is 1.73. The third-order valence-corrected chi connectivity index (χ3v) is 3.02. The van der Waals surface area contributed by atoms with Crippen LogP contribution in [0, 0.1) is 0 Å². The summed E-state index contributed by atoms with van der Waals surface area (Å²) in [6.07, 6.45) is 1.77. The van der Waals surface area contributed by atoms with Gasteiger partial charge < -0.3 is 9.52 Å². The van der Waals surface area contributed by atoms with Crippen LogP contribution in [0.2, 0.25) is 0 Å². The molecule has 2 aromatic rings. The van der Waals surface area contributed by atoms with Crippen molar-refractivity contribution in [1.82, 2.24) is 0 Å². The van der Waals surface area contributed by atoms with E-state index < -0.39 is 0 Å². The van der Waals surface area contributed by atoms with Gasteiger partial charge in [0.25, 0.3) is 0 Å². The maximum Gasteiger partial charge on any atom is 0.134 e. The van der Waals surface area contributed by atoms with E-state index in [4.69, 9.17) is 4.42 Å². The Morgan fingerprint density at radius 1 is 1.43 bits per heavy atom. The topological polar surface area (TPSA) is 33.4 Å². The molecule has 1 aromatic heterocycles. The summed E-state index contributed by atoms with van der Waals surface area (Å²) in [5.41, 5.74) is 2.00. The lowest BCUT2D eigenvalue weighted by Gasteiger charge is -1.96. The smallest absolute Gasteiger partial charge is 0.134 e. The van der Waals surface area contributed by atoms with E-state index in [0.29, 0.717) is 5.75 Å². The summed E-state index contributed by atoms with van der Waals surface area (Å²) in [7, 11) is 0. The van der Waals surface area contributed by atoms with Crippen molar-refractivity contribution >= 4 is 22.7 Å². The zero-order valence-electron chi connectivity index (χ0n) is 7.99. The lowest BCUT2D eigenvalue weighted by Crippen LogP contribution is -1.77. The third-order valence-electron chi connectivity index (χ3n) is 2.10. The molecule has 1 N–H and O–H groups in total. The molecule has 1 heterocycles. The Morgan fingerprint density at radius 2 is 2.29 bits per heavy atom. The maximum absolute atomic E-state index is 9.35.